The van der Waals surface area contributed by atoms with Gasteiger partial charge in [-0.2, -0.15) is 0 Å². The number of rotatable bonds is 7. The third kappa shape index (κ3) is 4.43. The van der Waals surface area contributed by atoms with Crippen molar-refractivity contribution in [2.75, 3.05) is 21.0 Å². The number of nitro benzene ring substituents is 1. The molecule has 4 aromatic rings. The maximum absolute atomic E-state index is 11.6. The average Bonchev–Trinajstić information content (AvgIpc) is 3.50. The minimum absolute atomic E-state index is 0.0564. The summed E-state index contributed by atoms with van der Waals surface area (Å²) in [5.74, 6) is 2.69. The maximum Gasteiger partial charge on any atom is 0.294 e. The number of fused-ring (bicyclic) bond motifs is 1. The summed E-state index contributed by atoms with van der Waals surface area (Å²) in [7, 11) is 3.20. The molecule has 10 heteroatoms. The van der Waals surface area contributed by atoms with Crippen LogP contribution in [0.25, 0.3) is 11.3 Å². The summed E-state index contributed by atoms with van der Waals surface area (Å²) in [6.07, 6.45) is 0. The molecule has 178 valence electrons. The monoisotopic (exact) mass is 491 g/mol. The first-order valence-electron chi connectivity index (χ1n) is 10.6. The Hall–Kier alpha value is -4.31. The van der Waals surface area contributed by atoms with Gasteiger partial charge in [-0.15, -0.1) is 11.3 Å². The van der Waals surface area contributed by atoms with E-state index in [1.807, 2.05) is 46.3 Å². The fraction of sp³-hybridized carbons (Fsp3) is 0.160. The van der Waals surface area contributed by atoms with Crippen LogP contribution in [0.5, 0.6) is 23.0 Å². The summed E-state index contributed by atoms with van der Waals surface area (Å²) in [5.41, 5.74) is 2.88. The van der Waals surface area contributed by atoms with Gasteiger partial charge in [0.1, 0.15) is 17.2 Å². The van der Waals surface area contributed by atoms with Crippen LogP contribution in [0.15, 0.2) is 71.0 Å². The maximum atomic E-state index is 11.6. The summed E-state index contributed by atoms with van der Waals surface area (Å²) in [6.45, 7) is 0.640. The highest BCUT2D eigenvalue weighted by molar-refractivity contribution is 7.07. The summed E-state index contributed by atoms with van der Waals surface area (Å²) in [6, 6.07) is 17.8. The van der Waals surface area contributed by atoms with Crippen LogP contribution in [-0.2, 0) is 6.54 Å². The molecule has 0 fully saturated rings. The van der Waals surface area contributed by atoms with E-state index in [4.69, 9.17) is 18.9 Å². The zero-order chi connectivity index (χ0) is 24.4. The van der Waals surface area contributed by atoms with Crippen LogP contribution in [0.3, 0.4) is 0 Å². The first-order valence-corrected chi connectivity index (χ1v) is 11.5. The molecule has 0 unspecified atom stereocenters. The van der Waals surface area contributed by atoms with Crippen LogP contribution in [0.4, 0.5) is 11.4 Å². The van der Waals surface area contributed by atoms with Gasteiger partial charge in [0.05, 0.1) is 31.4 Å². The molecule has 5 rings (SSSR count). The van der Waals surface area contributed by atoms with Gasteiger partial charge in [-0.1, -0.05) is 18.2 Å². The van der Waals surface area contributed by atoms with Crippen molar-refractivity contribution < 1.29 is 23.9 Å². The van der Waals surface area contributed by atoms with Gasteiger partial charge in [-0.3, -0.25) is 10.1 Å². The molecule has 0 saturated carbocycles. The van der Waals surface area contributed by atoms with Gasteiger partial charge in [0, 0.05) is 23.1 Å². The largest absolute Gasteiger partial charge is 0.497 e. The second-order valence-corrected chi connectivity index (χ2v) is 8.44. The number of ether oxygens (including phenoxy) is 4. The van der Waals surface area contributed by atoms with E-state index in [9.17, 15) is 10.1 Å². The van der Waals surface area contributed by atoms with Crippen LogP contribution >= 0.6 is 11.3 Å². The fourth-order valence-electron chi connectivity index (χ4n) is 3.84. The number of benzene rings is 3. The van der Waals surface area contributed by atoms with E-state index < -0.39 is 4.92 Å². The van der Waals surface area contributed by atoms with Crippen LogP contribution in [0, 0.1) is 10.1 Å². The fourth-order valence-corrected chi connectivity index (χ4v) is 4.75. The first kappa shape index (κ1) is 22.5. The van der Waals surface area contributed by atoms with E-state index in [1.54, 1.807) is 32.4 Å². The predicted molar refractivity (Wildman–Crippen MR) is 131 cm³/mol. The van der Waals surface area contributed by atoms with Crippen molar-refractivity contribution in [2.24, 2.45) is 4.99 Å². The molecule has 9 nitrogen and oxygen atoms in total. The minimum atomic E-state index is -0.429. The molecule has 2 heterocycles. The normalized spacial score (nSPS) is 12.6. The van der Waals surface area contributed by atoms with Crippen LogP contribution in [0.2, 0.25) is 0 Å². The number of methoxy groups -OCH3 is 2. The van der Waals surface area contributed by atoms with E-state index >= 15 is 0 Å². The smallest absolute Gasteiger partial charge is 0.294 e. The molecule has 0 bridgehead atoms. The minimum Gasteiger partial charge on any atom is -0.497 e. The molecule has 3 aromatic carbocycles. The Labute approximate surface area is 204 Å². The number of nitro groups is 1. The van der Waals surface area contributed by atoms with Crippen LogP contribution < -0.4 is 23.7 Å². The van der Waals surface area contributed by atoms with Crippen molar-refractivity contribution in [3.05, 3.63) is 86.5 Å². The standard InChI is InChI=1S/C25H21N3O6S/c1-31-17-8-9-18(23(12-17)32-2)21-14-35-25(26-19-5-3-4-6-20(19)28(29)30)27(21)13-16-7-10-22-24(11-16)34-15-33-22/h3-12,14H,13,15H2,1-2H3. The number of para-hydroxylation sites is 2. The topological polar surface area (TPSA) is 97.4 Å². The molecule has 1 aliphatic rings. The molecule has 35 heavy (non-hydrogen) atoms. The summed E-state index contributed by atoms with van der Waals surface area (Å²) in [4.78, 5) is 16.4. The van der Waals surface area contributed by atoms with Gasteiger partial charge in [0.15, 0.2) is 16.3 Å². The lowest BCUT2D eigenvalue weighted by molar-refractivity contribution is -0.384. The zero-order valence-corrected chi connectivity index (χ0v) is 19.8. The van der Waals surface area contributed by atoms with Gasteiger partial charge in [0.25, 0.3) is 5.69 Å². The second-order valence-electron chi connectivity index (χ2n) is 7.60. The summed E-state index contributed by atoms with van der Waals surface area (Å²) in [5, 5.41) is 13.5. The van der Waals surface area contributed by atoms with Crippen molar-refractivity contribution in [3.8, 4) is 34.3 Å². The molecule has 0 saturated heterocycles. The van der Waals surface area contributed by atoms with Gasteiger partial charge in [-0.25, -0.2) is 4.99 Å². The average molecular weight is 492 g/mol. The molecule has 0 radical (unpaired) electrons. The Kier molecular flexibility index (Phi) is 6.11. The molecule has 0 amide bonds. The van der Waals surface area contributed by atoms with Crippen molar-refractivity contribution in [2.45, 2.75) is 6.54 Å². The third-order valence-electron chi connectivity index (χ3n) is 5.55. The van der Waals surface area contributed by atoms with E-state index in [0.29, 0.717) is 34.3 Å². The van der Waals surface area contributed by atoms with Crippen molar-refractivity contribution in [3.63, 3.8) is 0 Å². The summed E-state index contributed by atoms with van der Waals surface area (Å²) < 4.78 is 24.0. The van der Waals surface area contributed by atoms with Crippen molar-refractivity contribution in [1.29, 1.82) is 0 Å². The highest BCUT2D eigenvalue weighted by Gasteiger charge is 2.18. The summed E-state index contributed by atoms with van der Waals surface area (Å²) >= 11 is 1.39. The molecule has 0 N–H and O–H groups in total. The zero-order valence-electron chi connectivity index (χ0n) is 19.0. The molecule has 1 aromatic heterocycles. The second kappa shape index (κ2) is 9.51. The number of hydrogen-bond acceptors (Lipinski definition) is 8. The van der Waals surface area contributed by atoms with E-state index in [0.717, 1.165) is 16.8 Å². The van der Waals surface area contributed by atoms with Gasteiger partial charge >= 0.3 is 0 Å². The number of hydrogen-bond donors (Lipinski definition) is 0. The Balaban J connectivity index is 1.68. The number of nitrogens with zero attached hydrogens (tertiary/aromatic N) is 3. The lowest BCUT2D eigenvalue weighted by atomic mass is 10.1. The Morgan fingerprint density at radius 2 is 1.89 bits per heavy atom. The van der Waals surface area contributed by atoms with E-state index in [1.165, 1.54) is 17.4 Å². The van der Waals surface area contributed by atoms with Crippen molar-refractivity contribution in [1.82, 2.24) is 4.57 Å². The van der Waals surface area contributed by atoms with Gasteiger partial charge in [-0.05, 0) is 35.9 Å². The quantitative estimate of drug-likeness (QED) is 0.262. The lowest BCUT2D eigenvalue weighted by Crippen LogP contribution is -2.17. The van der Waals surface area contributed by atoms with Crippen LogP contribution in [0.1, 0.15) is 5.56 Å². The molecular weight excluding hydrogens is 470 g/mol. The Morgan fingerprint density at radius 1 is 1.06 bits per heavy atom. The highest BCUT2D eigenvalue weighted by atomic mass is 32.1. The van der Waals surface area contributed by atoms with E-state index in [2.05, 4.69) is 4.99 Å². The molecule has 1 aliphatic heterocycles. The Morgan fingerprint density at radius 3 is 2.69 bits per heavy atom. The molecular formula is C25H21N3O6S. The molecule has 0 atom stereocenters. The van der Waals surface area contributed by atoms with Gasteiger partial charge < -0.3 is 23.5 Å². The SMILES string of the molecule is COc1ccc(-c2csc(=Nc3ccccc3[N+](=O)[O-])n2Cc2ccc3c(c2)OCO3)c(OC)c1. The predicted octanol–water partition coefficient (Wildman–Crippen LogP) is 5.15. The van der Waals surface area contributed by atoms with Crippen molar-refractivity contribution >= 4 is 22.7 Å². The lowest BCUT2D eigenvalue weighted by Gasteiger charge is -2.14. The number of aromatic nitrogens is 1. The van der Waals surface area contributed by atoms with Crippen LogP contribution in [-0.4, -0.2) is 30.5 Å². The highest BCUT2D eigenvalue weighted by Crippen LogP contribution is 2.36. The van der Waals surface area contributed by atoms with E-state index in [-0.39, 0.29) is 18.2 Å². The first-order chi connectivity index (χ1) is 17.1. The molecule has 0 spiro atoms. The molecule has 0 aliphatic carbocycles. The Bertz CT molecular complexity index is 1480. The van der Waals surface area contributed by atoms with Gasteiger partial charge in [0.2, 0.25) is 6.79 Å². The third-order valence-corrected chi connectivity index (χ3v) is 6.42. The number of thiazole rings is 1.